The van der Waals surface area contributed by atoms with Crippen LogP contribution >= 0.6 is 0 Å². The minimum Gasteiger partial charge on any atom is -0.444 e. The number of guanidine groups is 1. The second kappa shape index (κ2) is 8.47. The molecule has 0 aromatic rings. The molecule has 0 aromatic carbocycles. The van der Waals surface area contributed by atoms with Gasteiger partial charge in [0.2, 0.25) is 0 Å². The van der Waals surface area contributed by atoms with Crippen molar-refractivity contribution < 1.29 is 17.9 Å². The van der Waals surface area contributed by atoms with Crippen LogP contribution in [0.3, 0.4) is 0 Å². The van der Waals surface area contributed by atoms with E-state index in [0.717, 1.165) is 25.3 Å². The van der Waals surface area contributed by atoms with Gasteiger partial charge in [-0.3, -0.25) is 4.99 Å². The molecule has 2 heterocycles. The van der Waals surface area contributed by atoms with Gasteiger partial charge in [-0.1, -0.05) is 0 Å². The zero-order valence-electron chi connectivity index (χ0n) is 18.1. The molecule has 1 N–H and O–H groups in total. The number of carbonyl (C=O) groups excluding carboxylic acids is 1. The molecule has 2 rings (SSSR count). The number of sulfone groups is 1. The van der Waals surface area contributed by atoms with Crippen LogP contribution < -0.4 is 5.32 Å². The lowest BCUT2D eigenvalue weighted by atomic mass is 9.98. The third-order valence-corrected chi connectivity index (χ3v) is 7.81. The molecule has 1 unspecified atom stereocenters. The number of hydrogen-bond donors (Lipinski definition) is 1. The quantitative estimate of drug-likeness (QED) is 0.544. The zero-order chi connectivity index (χ0) is 21.2. The molecule has 2 aliphatic heterocycles. The van der Waals surface area contributed by atoms with Crippen molar-refractivity contribution in [3.63, 3.8) is 0 Å². The average Bonchev–Trinajstić information content (AvgIpc) is 2.57. The molecular formula is C19H36N4O4S. The molecule has 1 atom stereocenters. The number of rotatable bonds is 2. The summed E-state index contributed by atoms with van der Waals surface area (Å²) in [5.74, 6) is 1.16. The van der Waals surface area contributed by atoms with E-state index in [4.69, 9.17) is 4.74 Å². The predicted octanol–water partition coefficient (Wildman–Crippen LogP) is 1.72. The van der Waals surface area contributed by atoms with Gasteiger partial charge < -0.3 is 19.9 Å². The summed E-state index contributed by atoms with van der Waals surface area (Å²) in [5.41, 5.74) is -0.494. The van der Waals surface area contributed by atoms with Crippen molar-refractivity contribution in [1.29, 1.82) is 0 Å². The third kappa shape index (κ3) is 5.75. The predicted molar refractivity (Wildman–Crippen MR) is 111 cm³/mol. The van der Waals surface area contributed by atoms with Gasteiger partial charge in [0.15, 0.2) is 15.8 Å². The molecule has 0 spiro atoms. The van der Waals surface area contributed by atoms with Gasteiger partial charge in [-0.25, -0.2) is 13.2 Å². The fraction of sp³-hybridized carbons (Fsp3) is 0.895. The summed E-state index contributed by atoms with van der Waals surface area (Å²) in [7, 11) is -1.37. The number of piperidine rings is 1. The number of carbonyl (C=O) groups is 1. The number of nitrogens with one attached hydrogen (secondary N) is 1. The molecule has 0 aromatic heterocycles. The molecule has 1 amide bonds. The summed E-state index contributed by atoms with van der Waals surface area (Å²) in [5, 5.41) is 3.38. The van der Waals surface area contributed by atoms with Crippen LogP contribution in [-0.2, 0) is 14.6 Å². The van der Waals surface area contributed by atoms with Gasteiger partial charge in [0.1, 0.15) is 5.60 Å². The summed E-state index contributed by atoms with van der Waals surface area (Å²) in [4.78, 5) is 20.5. The zero-order valence-corrected chi connectivity index (χ0v) is 18.9. The highest BCUT2D eigenvalue weighted by atomic mass is 32.2. The number of aliphatic imine (C=N–C) groups is 1. The molecule has 9 heteroatoms. The highest BCUT2D eigenvalue weighted by Crippen LogP contribution is 2.24. The first kappa shape index (κ1) is 22.8. The number of nitrogens with zero attached hydrogens (tertiary/aromatic N) is 3. The Morgan fingerprint density at radius 2 is 1.93 bits per heavy atom. The summed E-state index contributed by atoms with van der Waals surface area (Å²) >= 11 is 0. The van der Waals surface area contributed by atoms with E-state index in [0.29, 0.717) is 32.1 Å². The van der Waals surface area contributed by atoms with Crippen molar-refractivity contribution in [1.82, 2.24) is 15.1 Å². The molecule has 2 fully saturated rings. The third-order valence-electron chi connectivity index (χ3n) is 5.27. The molecule has 162 valence electrons. The van der Waals surface area contributed by atoms with Gasteiger partial charge in [0.25, 0.3) is 0 Å². The Labute approximate surface area is 169 Å². The molecule has 28 heavy (non-hydrogen) atoms. The normalized spacial score (nSPS) is 25.4. The van der Waals surface area contributed by atoms with E-state index in [-0.39, 0.29) is 11.8 Å². The lowest BCUT2D eigenvalue weighted by Crippen LogP contribution is -2.57. The maximum atomic E-state index is 12.3. The summed E-state index contributed by atoms with van der Waals surface area (Å²) in [6.07, 6.45) is 1.71. The van der Waals surface area contributed by atoms with Crippen molar-refractivity contribution in [2.45, 2.75) is 57.8 Å². The molecule has 0 aliphatic carbocycles. The Balaban J connectivity index is 1.90. The van der Waals surface area contributed by atoms with Gasteiger partial charge in [0, 0.05) is 39.8 Å². The second-order valence-electron chi connectivity index (χ2n) is 9.36. The van der Waals surface area contributed by atoms with Crippen LogP contribution in [0.1, 0.15) is 47.5 Å². The molecule has 0 bridgehead atoms. The Hall–Kier alpha value is -1.51. The molecular weight excluding hydrogens is 380 g/mol. The van der Waals surface area contributed by atoms with Gasteiger partial charge >= 0.3 is 6.09 Å². The first-order valence-corrected chi connectivity index (χ1v) is 11.7. The van der Waals surface area contributed by atoms with Crippen LogP contribution in [0.2, 0.25) is 0 Å². The van der Waals surface area contributed by atoms with Gasteiger partial charge in [-0.15, -0.1) is 0 Å². The topological polar surface area (TPSA) is 91.3 Å². The van der Waals surface area contributed by atoms with E-state index < -0.39 is 20.2 Å². The van der Waals surface area contributed by atoms with Crippen LogP contribution in [0.15, 0.2) is 4.99 Å². The standard InChI is InChI=1S/C19H36N4O4S/c1-18(2,3)27-17(24)22-9-7-8-15(13-22)12-21-16(20-6)23-10-11-28(25,26)19(4,5)14-23/h15H,7-14H2,1-6H3,(H,20,21). The van der Waals surface area contributed by atoms with Crippen molar-refractivity contribution in [3.05, 3.63) is 0 Å². The number of amides is 1. The minimum absolute atomic E-state index is 0.135. The van der Waals surface area contributed by atoms with E-state index in [1.807, 2.05) is 25.7 Å². The SMILES string of the molecule is CN=C(NCC1CCCN(C(=O)OC(C)(C)C)C1)N1CCS(=O)(=O)C(C)(C)C1. The molecule has 2 saturated heterocycles. The van der Waals surface area contributed by atoms with Crippen molar-refractivity contribution in [2.24, 2.45) is 10.9 Å². The summed E-state index contributed by atoms with van der Waals surface area (Å²) in [6.45, 7) is 12.1. The lowest BCUT2D eigenvalue weighted by molar-refractivity contribution is 0.0168. The smallest absolute Gasteiger partial charge is 0.410 e. The lowest BCUT2D eigenvalue weighted by Gasteiger charge is -2.40. The number of likely N-dealkylation sites (tertiary alicyclic amines) is 1. The first-order valence-electron chi connectivity index (χ1n) is 10.0. The first-order chi connectivity index (χ1) is 12.8. The molecule has 0 saturated carbocycles. The highest BCUT2D eigenvalue weighted by Gasteiger charge is 2.41. The van der Waals surface area contributed by atoms with Crippen LogP contribution in [-0.4, -0.2) is 86.1 Å². The fourth-order valence-electron chi connectivity index (χ4n) is 3.62. The van der Waals surface area contributed by atoms with E-state index in [1.54, 1.807) is 25.8 Å². The number of ether oxygens (including phenoxy) is 1. The second-order valence-corrected chi connectivity index (χ2v) is 12.1. The van der Waals surface area contributed by atoms with Crippen molar-refractivity contribution in [2.75, 3.05) is 45.5 Å². The van der Waals surface area contributed by atoms with E-state index in [1.165, 1.54) is 0 Å². The maximum Gasteiger partial charge on any atom is 0.410 e. The Kier molecular flexibility index (Phi) is 6.89. The largest absolute Gasteiger partial charge is 0.444 e. The van der Waals surface area contributed by atoms with E-state index in [2.05, 4.69) is 10.3 Å². The Bertz CT molecular complexity index is 697. The number of hydrogen-bond acceptors (Lipinski definition) is 5. The average molecular weight is 417 g/mol. The van der Waals surface area contributed by atoms with Crippen LogP contribution in [0.4, 0.5) is 4.79 Å². The summed E-state index contributed by atoms with van der Waals surface area (Å²) in [6, 6.07) is 0. The van der Waals surface area contributed by atoms with E-state index >= 15 is 0 Å². The summed E-state index contributed by atoms with van der Waals surface area (Å²) < 4.78 is 29.2. The van der Waals surface area contributed by atoms with E-state index in [9.17, 15) is 13.2 Å². The monoisotopic (exact) mass is 416 g/mol. The maximum absolute atomic E-state index is 12.3. The van der Waals surface area contributed by atoms with Gasteiger partial charge in [0.05, 0.1) is 10.5 Å². The Morgan fingerprint density at radius 3 is 2.50 bits per heavy atom. The molecule has 2 aliphatic rings. The highest BCUT2D eigenvalue weighted by molar-refractivity contribution is 7.92. The van der Waals surface area contributed by atoms with Gasteiger partial charge in [-0.2, -0.15) is 0 Å². The van der Waals surface area contributed by atoms with Crippen LogP contribution in [0.5, 0.6) is 0 Å². The van der Waals surface area contributed by atoms with Gasteiger partial charge in [-0.05, 0) is 53.4 Å². The fourth-order valence-corrected chi connectivity index (χ4v) is 4.98. The van der Waals surface area contributed by atoms with Crippen molar-refractivity contribution in [3.8, 4) is 0 Å². The Morgan fingerprint density at radius 1 is 1.25 bits per heavy atom. The minimum atomic E-state index is -3.09. The van der Waals surface area contributed by atoms with Crippen molar-refractivity contribution >= 4 is 21.9 Å². The van der Waals surface area contributed by atoms with Crippen LogP contribution in [0.25, 0.3) is 0 Å². The molecule has 8 nitrogen and oxygen atoms in total. The molecule has 0 radical (unpaired) electrons. The van der Waals surface area contributed by atoms with Crippen LogP contribution in [0, 0.1) is 5.92 Å².